The van der Waals surface area contributed by atoms with Crippen molar-refractivity contribution in [3.05, 3.63) is 46.6 Å². The van der Waals surface area contributed by atoms with Crippen LogP contribution in [0.3, 0.4) is 0 Å². The molecule has 2 aromatic heterocycles. The standard InChI is InChI=1S/C18H19BrN6O/c1-24-6-8-25(9-7-24)14-4-2-12(3-5-14)18(26)21-17-15-10-13(19)11-20-16(15)22-23-17/h2-5,10-11H,6-9H2,1H3,(H2,20,21,22,23,26). The Balaban J connectivity index is 1.48. The number of rotatable bonds is 3. The lowest BCUT2D eigenvalue weighted by Crippen LogP contribution is -2.44. The number of amides is 1. The van der Waals surface area contributed by atoms with Crippen LogP contribution in [0.25, 0.3) is 11.0 Å². The monoisotopic (exact) mass is 414 g/mol. The molecule has 1 amide bonds. The molecule has 7 nitrogen and oxygen atoms in total. The van der Waals surface area contributed by atoms with Gasteiger partial charge in [-0.15, -0.1) is 0 Å². The first-order chi connectivity index (χ1) is 12.6. The normalized spacial score (nSPS) is 15.4. The van der Waals surface area contributed by atoms with Gasteiger partial charge in [0.15, 0.2) is 11.5 Å². The zero-order valence-electron chi connectivity index (χ0n) is 14.4. The molecule has 134 valence electrons. The highest BCUT2D eigenvalue weighted by atomic mass is 79.9. The fourth-order valence-corrected chi connectivity index (χ4v) is 3.37. The molecule has 1 aliphatic heterocycles. The Morgan fingerprint density at radius 1 is 1.19 bits per heavy atom. The van der Waals surface area contributed by atoms with Crippen LogP contribution in [0.1, 0.15) is 10.4 Å². The lowest BCUT2D eigenvalue weighted by molar-refractivity contribution is 0.102. The van der Waals surface area contributed by atoms with E-state index in [1.54, 1.807) is 6.20 Å². The number of benzene rings is 1. The van der Waals surface area contributed by atoms with Gasteiger partial charge < -0.3 is 15.1 Å². The summed E-state index contributed by atoms with van der Waals surface area (Å²) >= 11 is 3.39. The molecular formula is C18H19BrN6O. The van der Waals surface area contributed by atoms with E-state index in [1.807, 2.05) is 30.3 Å². The molecular weight excluding hydrogens is 396 g/mol. The summed E-state index contributed by atoms with van der Waals surface area (Å²) < 4.78 is 0.832. The van der Waals surface area contributed by atoms with Crippen molar-refractivity contribution in [3.8, 4) is 0 Å². The average molecular weight is 415 g/mol. The SMILES string of the molecule is CN1CCN(c2ccc(C(=O)Nc3n[nH]c4ncc(Br)cc34)cc2)CC1. The highest BCUT2D eigenvalue weighted by Gasteiger charge is 2.16. The van der Waals surface area contributed by atoms with Crippen molar-refractivity contribution in [2.24, 2.45) is 0 Å². The maximum absolute atomic E-state index is 12.6. The molecule has 0 bridgehead atoms. The van der Waals surface area contributed by atoms with E-state index in [9.17, 15) is 4.79 Å². The lowest BCUT2D eigenvalue weighted by Gasteiger charge is -2.34. The summed E-state index contributed by atoms with van der Waals surface area (Å²) in [6.07, 6.45) is 1.68. The van der Waals surface area contributed by atoms with Gasteiger partial charge in [-0.2, -0.15) is 5.10 Å². The van der Waals surface area contributed by atoms with Gasteiger partial charge in [0, 0.05) is 48.1 Å². The number of aromatic amines is 1. The van der Waals surface area contributed by atoms with E-state index >= 15 is 0 Å². The van der Waals surface area contributed by atoms with Crippen LogP contribution in [0, 0.1) is 0 Å². The molecule has 0 spiro atoms. The van der Waals surface area contributed by atoms with Gasteiger partial charge >= 0.3 is 0 Å². The fourth-order valence-electron chi connectivity index (χ4n) is 3.04. The smallest absolute Gasteiger partial charge is 0.256 e. The van der Waals surface area contributed by atoms with Gasteiger partial charge in [0.25, 0.3) is 5.91 Å². The predicted molar refractivity (Wildman–Crippen MR) is 106 cm³/mol. The largest absolute Gasteiger partial charge is 0.369 e. The first-order valence-corrected chi connectivity index (χ1v) is 9.24. The van der Waals surface area contributed by atoms with Gasteiger partial charge in [0.05, 0.1) is 5.39 Å². The number of aromatic nitrogens is 3. The Morgan fingerprint density at radius 2 is 1.92 bits per heavy atom. The second-order valence-corrected chi connectivity index (χ2v) is 7.33. The molecule has 1 fully saturated rings. The van der Waals surface area contributed by atoms with Crippen LogP contribution >= 0.6 is 15.9 Å². The number of fused-ring (bicyclic) bond motifs is 1. The number of halogens is 1. The van der Waals surface area contributed by atoms with Crippen LogP contribution in [0.4, 0.5) is 11.5 Å². The van der Waals surface area contributed by atoms with E-state index in [-0.39, 0.29) is 5.91 Å². The van der Waals surface area contributed by atoms with Crippen LogP contribution in [0.5, 0.6) is 0 Å². The summed E-state index contributed by atoms with van der Waals surface area (Å²) in [6, 6.07) is 9.58. The molecule has 3 aromatic rings. The molecule has 2 N–H and O–H groups in total. The van der Waals surface area contributed by atoms with Gasteiger partial charge in [-0.25, -0.2) is 4.98 Å². The molecule has 0 saturated carbocycles. The number of carbonyl (C=O) groups is 1. The number of pyridine rings is 1. The number of H-pyrrole nitrogens is 1. The first-order valence-electron chi connectivity index (χ1n) is 8.45. The van der Waals surface area contributed by atoms with Gasteiger partial charge in [-0.3, -0.25) is 9.89 Å². The number of likely N-dealkylation sites (N-methyl/N-ethyl adjacent to an activating group) is 1. The van der Waals surface area contributed by atoms with Crippen LogP contribution in [-0.2, 0) is 0 Å². The summed E-state index contributed by atoms with van der Waals surface area (Å²) in [5.74, 6) is 0.283. The molecule has 1 aromatic carbocycles. The van der Waals surface area contributed by atoms with E-state index in [0.717, 1.165) is 41.7 Å². The Bertz CT molecular complexity index is 931. The third kappa shape index (κ3) is 3.42. The summed E-state index contributed by atoms with van der Waals surface area (Å²) in [6.45, 7) is 4.11. The molecule has 0 unspecified atom stereocenters. The maximum atomic E-state index is 12.6. The third-order valence-corrected chi connectivity index (χ3v) is 5.05. The van der Waals surface area contributed by atoms with E-state index in [1.165, 1.54) is 0 Å². The van der Waals surface area contributed by atoms with E-state index in [2.05, 4.69) is 53.3 Å². The van der Waals surface area contributed by atoms with Crippen LogP contribution in [0.2, 0.25) is 0 Å². The predicted octanol–water partition coefficient (Wildman–Crippen LogP) is 2.72. The molecule has 8 heteroatoms. The minimum Gasteiger partial charge on any atom is -0.369 e. The van der Waals surface area contributed by atoms with Crippen molar-refractivity contribution in [2.45, 2.75) is 0 Å². The Hall–Kier alpha value is -2.45. The van der Waals surface area contributed by atoms with Crippen molar-refractivity contribution in [3.63, 3.8) is 0 Å². The van der Waals surface area contributed by atoms with Gasteiger partial charge in [0.1, 0.15) is 0 Å². The Labute approximate surface area is 159 Å². The van der Waals surface area contributed by atoms with Crippen LogP contribution < -0.4 is 10.2 Å². The average Bonchev–Trinajstić information content (AvgIpc) is 3.04. The number of nitrogens with one attached hydrogen (secondary N) is 2. The zero-order valence-corrected chi connectivity index (χ0v) is 16.0. The number of carbonyl (C=O) groups excluding carboxylic acids is 1. The van der Waals surface area contributed by atoms with Crippen molar-refractivity contribution in [1.82, 2.24) is 20.1 Å². The summed E-state index contributed by atoms with van der Waals surface area (Å²) in [7, 11) is 2.14. The highest BCUT2D eigenvalue weighted by molar-refractivity contribution is 9.10. The molecule has 0 atom stereocenters. The second kappa shape index (κ2) is 7.05. The second-order valence-electron chi connectivity index (χ2n) is 6.41. The first kappa shape index (κ1) is 17.0. The van der Waals surface area contributed by atoms with Crippen LogP contribution in [0.15, 0.2) is 41.0 Å². The van der Waals surface area contributed by atoms with Crippen molar-refractivity contribution < 1.29 is 4.79 Å². The topological polar surface area (TPSA) is 77.1 Å². The minimum absolute atomic E-state index is 0.191. The minimum atomic E-state index is -0.191. The molecule has 26 heavy (non-hydrogen) atoms. The number of hydrogen-bond donors (Lipinski definition) is 2. The quantitative estimate of drug-likeness (QED) is 0.688. The van der Waals surface area contributed by atoms with Crippen LogP contribution in [-0.4, -0.2) is 59.2 Å². The number of anilines is 2. The molecule has 1 aliphatic rings. The summed E-state index contributed by atoms with van der Waals surface area (Å²) in [4.78, 5) is 21.4. The van der Waals surface area contributed by atoms with Gasteiger partial charge in [-0.05, 0) is 53.3 Å². The third-order valence-electron chi connectivity index (χ3n) is 4.61. The van der Waals surface area contributed by atoms with E-state index in [0.29, 0.717) is 17.0 Å². The number of nitrogens with zero attached hydrogens (tertiary/aromatic N) is 4. The molecule has 0 aliphatic carbocycles. The Morgan fingerprint density at radius 3 is 2.65 bits per heavy atom. The van der Waals surface area contributed by atoms with Gasteiger partial charge in [-0.1, -0.05) is 0 Å². The fraction of sp³-hybridized carbons (Fsp3) is 0.278. The number of hydrogen-bond acceptors (Lipinski definition) is 5. The zero-order chi connectivity index (χ0) is 18.1. The highest BCUT2D eigenvalue weighted by Crippen LogP contribution is 2.23. The molecule has 4 rings (SSSR count). The van der Waals surface area contributed by atoms with Crippen molar-refractivity contribution in [1.29, 1.82) is 0 Å². The number of piperazine rings is 1. The lowest BCUT2D eigenvalue weighted by atomic mass is 10.1. The van der Waals surface area contributed by atoms with Gasteiger partial charge in [0.2, 0.25) is 0 Å². The van der Waals surface area contributed by atoms with Crippen molar-refractivity contribution >= 4 is 44.4 Å². The summed E-state index contributed by atoms with van der Waals surface area (Å²) in [5.41, 5.74) is 2.38. The van der Waals surface area contributed by atoms with E-state index < -0.39 is 0 Å². The maximum Gasteiger partial charge on any atom is 0.256 e. The summed E-state index contributed by atoms with van der Waals surface area (Å²) in [5, 5.41) is 10.6. The van der Waals surface area contributed by atoms with Crippen molar-refractivity contribution in [2.75, 3.05) is 43.4 Å². The Kier molecular flexibility index (Phi) is 4.60. The van der Waals surface area contributed by atoms with E-state index in [4.69, 9.17) is 0 Å². The molecule has 0 radical (unpaired) electrons. The molecule has 1 saturated heterocycles. The molecule has 3 heterocycles.